The van der Waals surface area contributed by atoms with E-state index in [9.17, 15) is 0 Å². The van der Waals surface area contributed by atoms with Crippen LogP contribution in [-0.2, 0) is 11.3 Å². The van der Waals surface area contributed by atoms with Crippen molar-refractivity contribution in [3.63, 3.8) is 0 Å². The van der Waals surface area contributed by atoms with Gasteiger partial charge in [0.15, 0.2) is 0 Å². The fourth-order valence-electron chi connectivity index (χ4n) is 2.46. The van der Waals surface area contributed by atoms with Crippen LogP contribution < -0.4 is 0 Å². The Labute approximate surface area is 137 Å². The lowest BCUT2D eigenvalue weighted by atomic mass is 10.1. The van der Waals surface area contributed by atoms with Crippen molar-refractivity contribution >= 4 is 12.4 Å². The molecule has 0 heterocycles. The van der Waals surface area contributed by atoms with Crippen molar-refractivity contribution in [1.29, 1.82) is 0 Å². The van der Waals surface area contributed by atoms with Crippen LogP contribution in [0.1, 0.15) is 76.7 Å². The summed E-state index contributed by atoms with van der Waals surface area (Å²) in [5, 5.41) is 0. The summed E-state index contributed by atoms with van der Waals surface area (Å²) in [5.74, 6) is 0. The summed E-state index contributed by atoms with van der Waals surface area (Å²) in [6, 6.07) is 10.4. The average Bonchev–Trinajstić information content (AvgIpc) is 2.49. The first-order valence-electron chi connectivity index (χ1n) is 8.55. The van der Waals surface area contributed by atoms with Crippen LogP contribution in [0.4, 0.5) is 0 Å². The van der Waals surface area contributed by atoms with Gasteiger partial charge in [-0.3, -0.25) is 0 Å². The summed E-state index contributed by atoms with van der Waals surface area (Å²) in [6.07, 6.45) is 13.8. The fourth-order valence-corrected chi connectivity index (χ4v) is 2.46. The lowest BCUT2D eigenvalue weighted by Gasteiger charge is -2.04. The molecule has 0 aliphatic carbocycles. The molecule has 0 amide bonds. The number of unbranched alkanes of at least 4 members (excludes halogenated alkanes) is 9. The first-order valence-corrected chi connectivity index (χ1v) is 8.55. The van der Waals surface area contributed by atoms with E-state index in [0.29, 0.717) is 0 Å². The third-order valence-electron chi connectivity index (χ3n) is 3.75. The number of hydrogen-bond donors (Lipinski definition) is 0. The van der Waals surface area contributed by atoms with Crippen LogP contribution in [0.3, 0.4) is 0 Å². The maximum Gasteiger partial charge on any atom is 0.0716 e. The minimum atomic E-state index is 0. The van der Waals surface area contributed by atoms with Gasteiger partial charge < -0.3 is 4.74 Å². The van der Waals surface area contributed by atoms with Gasteiger partial charge in [0.25, 0.3) is 0 Å². The average molecular weight is 313 g/mol. The minimum absolute atomic E-state index is 0. The van der Waals surface area contributed by atoms with E-state index in [2.05, 4.69) is 31.2 Å². The lowest BCUT2D eigenvalue weighted by molar-refractivity contribution is 0.116. The van der Waals surface area contributed by atoms with Gasteiger partial charge in [0.2, 0.25) is 0 Å². The fraction of sp³-hybridized carbons (Fsp3) is 0.684. The predicted molar refractivity (Wildman–Crippen MR) is 95.2 cm³/mol. The maximum atomic E-state index is 5.69. The van der Waals surface area contributed by atoms with E-state index in [1.807, 2.05) is 6.07 Å². The monoisotopic (exact) mass is 312 g/mol. The topological polar surface area (TPSA) is 9.23 Å². The lowest BCUT2D eigenvalue weighted by Crippen LogP contribution is -1.95. The molecule has 122 valence electrons. The van der Waals surface area contributed by atoms with E-state index < -0.39 is 0 Å². The van der Waals surface area contributed by atoms with Crippen molar-refractivity contribution in [2.45, 2.75) is 77.7 Å². The van der Waals surface area contributed by atoms with Crippen LogP contribution in [0, 0.1) is 0 Å². The molecule has 2 heteroatoms. The molecule has 1 nitrogen and oxygen atoms in total. The Kier molecular flexibility index (Phi) is 15.5. The van der Waals surface area contributed by atoms with Crippen molar-refractivity contribution in [1.82, 2.24) is 0 Å². The van der Waals surface area contributed by atoms with Gasteiger partial charge in [-0.2, -0.15) is 0 Å². The summed E-state index contributed by atoms with van der Waals surface area (Å²) in [6.45, 7) is 3.95. The third kappa shape index (κ3) is 12.9. The molecule has 0 aromatic heterocycles. The van der Waals surface area contributed by atoms with E-state index >= 15 is 0 Å². The zero-order valence-corrected chi connectivity index (χ0v) is 14.5. The Morgan fingerprint density at radius 1 is 0.714 bits per heavy atom. The quantitative estimate of drug-likeness (QED) is 0.375. The Bertz CT molecular complexity index is 300. The molecule has 0 bridgehead atoms. The standard InChI is InChI=1S/C19H32O.ClH/c1-2-3-4-5-6-7-8-9-10-14-17-20-18-19-15-12-11-13-16-19;/h11-13,15-16H,2-10,14,17-18H2,1H3;1H. The van der Waals surface area contributed by atoms with E-state index in [1.165, 1.54) is 69.8 Å². The molecule has 0 fully saturated rings. The Morgan fingerprint density at radius 3 is 1.81 bits per heavy atom. The highest BCUT2D eigenvalue weighted by Crippen LogP contribution is 2.10. The van der Waals surface area contributed by atoms with Crippen molar-refractivity contribution in [2.24, 2.45) is 0 Å². The zero-order valence-electron chi connectivity index (χ0n) is 13.7. The van der Waals surface area contributed by atoms with Crippen LogP contribution in [0.2, 0.25) is 0 Å². The number of rotatable bonds is 13. The molecule has 1 aromatic carbocycles. The highest BCUT2D eigenvalue weighted by molar-refractivity contribution is 5.85. The predicted octanol–water partition coefficient (Wildman–Crippen LogP) is 6.55. The second-order valence-corrected chi connectivity index (χ2v) is 5.72. The minimum Gasteiger partial charge on any atom is -0.377 e. The highest BCUT2D eigenvalue weighted by Gasteiger charge is 1.94. The zero-order chi connectivity index (χ0) is 14.3. The van der Waals surface area contributed by atoms with Crippen LogP contribution in [0.15, 0.2) is 30.3 Å². The first-order chi connectivity index (χ1) is 9.93. The smallest absolute Gasteiger partial charge is 0.0716 e. The summed E-state index contributed by atoms with van der Waals surface area (Å²) >= 11 is 0. The molecule has 0 unspecified atom stereocenters. The van der Waals surface area contributed by atoms with Gasteiger partial charge in [-0.25, -0.2) is 0 Å². The molecule has 0 aliphatic heterocycles. The largest absolute Gasteiger partial charge is 0.377 e. The molecule has 0 saturated heterocycles. The number of hydrogen-bond acceptors (Lipinski definition) is 1. The van der Waals surface area contributed by atoms with Gasteiger partial charge in [0.1, 0.15) is 0 Å². The number of benzene rings is 1. The van der Waals surface area contributed by atoms with E-state index in [-0.39, 0.29) is 12.4 Å². The van der Waals surface area contributed by atoms with Gasteiger partial charge in [0.05, 0.1) is 6.61 Å². The summed E-state index contributed by atoms with van der Waals surface area (Å²) in [5.41, 5.74) is 1.28. The molecule has 0 aliphatic rings. The summed E-state index contributed by atoms with van der Waals surface area (Å²) in [7, 11) is 0. The third-order valence-corrected chi connectivity index (χ3v) is 3.75. The van der Waals surface area contributed by atoms with Crippen molar-refractivity contribution < 1.29 is 4.74 Å². The molecule has 0 spiro atoms. The van der Waals surface area contributed by atoms with E-state index in [0.717, 1.165) is 13.2 Å². The van der Waals surface area contributed by atoms with Crippen LogP contribution in [0.5, 0.6) is 0 Å². The van der Waals surface area contributed by atoms with Gasteiger partial charge in [-0.15, -0.1) is 12.4 Å². The van der Waals surface area contributed by atoms with Crippen LogP contribution in [-0.4, -0.2) is 6.61 Å². The molecule has 1 rings (SSSR count). The van der Waals surface area contributed by atoms with Crippen molar-refractivity contribution in [3.8, 4) is 0 Å². The Hall–Kier alpha value is -0.530. The maximum absolute atomic E-state index is 5.69. The number of halogens is 1. The van der Waals surface area contributed by atoms with Gasteiger partial charge >= 0.3 is 0 Å². The molecule has 21 heavy (non-hydrogen) atoms. The Morgan fingerprint density at radius 2 is 1.24 bits per heavy atom. The molecule has 0 radical (unpaired) electrons. The molecule has 0 saturated carbocycles. The summed E-state index contributed by atoms with van der Waals surface area (Å²) in [4.78, 5) is 0. The van der Waals surface area contributed by atoms with Crippen LogP contribution in [0.25, 0.3) is 0 Å². The molecule has 0 atom stereocenters. The van der Waals surface area contributed by atoms with Crippen LogP contribution >= 0.6 is 12.4 Å². The van der Waals surface area contributed by atoms with E-state index in [4.69, 9.17) is 4.74 Å². The van der Waals surface area contributed by atoms with Gasteiger partial charge in [0, 0.05) is 6.61 Å². The molecule has 1 aromatic rings. The second-order valence-electron chi connectivity index (χ2n) is 5.72. The van der Waals surface area contributed by atoms with Gasteiger partial charge in [-0.05, 0) is 12.0 Å². The molecule has 0 N–H and O–H groups in total. The normalized spacial score (nSPS) is 10.3. The van der Waals surface area contributed by atoms with Crippen molar-refractivity contribution in [2.75, 3.05) is 6.61 Å². The molecular weight excluding hydrogens is 280 g/mol. The van der Waals surface area contributed by atoms with Crippen molar-refractivity contribution in [3.05, 3.63) is 35.9 Å². The number of ether oxygens (including phenoxy) is 1. The van der Waals surface area contributed by atoms with E-state index in [1.54, 1.807) is 0 Å². The molecular formula is C19H33ClO. The summed E-state index contributed by atoms with van der Waals surface area (Å²) < 4.78 is 5.69. The SMILES string of the molecule is CCCCCCCCCCCCOCc1ccccc1.Cl. The highest BCUT2D eigenvalue weighted by atomic mass is 35.5. The Balaban J connectivity index is 0.00000400. The van der Waals surface area contributed by atoms with Gasteiger partial charge in [-0.1, -0.05) is 95.0 Å². The first kappa shape index (κ1) is 20.5. The second kappa shape index (κ2) is 15.9.